The molecule has 4 aromatic rings. The SMILES string of the molecule is Cc1ccc(-c2ccnc3c(C(=O)N4CCN(Cc5cnn(C)c5)CC4)cnn23)cc1. The molecule has 31 heavy (non-hydrogen) atoms. The first-order valence-electron chi connectivity index (χ1n) is 10.5. The number of carbonyl (C=O) groups is 1. The summed E-state index contributed by atoms with van der Waals surface area (Å²) in [4.78, 5) is 22.0. The molecule has 1 aliphatic heterocycles. The van der Waals surface area contributed by atoms with Gasteiger partial charge < -0.3 is 4.90 Å². The Balaban J connectivity index is 1.32. The van der Waals surface area contributed by atoms with Crippen molar-refractivity contribution in [3.05, 3.63) is 71.8 Å². The highest BCUT2D eigenvalue weighted by molar-refractivity contribution is 6.00. The number of aromatic nitrogens is 5. The van der Waals surface area contributed by atoms with Crippen LogP contribution < -0.4 is 0 Å². The lowest BCUT2D eigenvalue weighted by Gasteiger charge is -2.34. The molecule has 0 spiro atoms. The first-order valence-corrected chi connectivity index (χ1v) is 10.5. The molecule has 0 unspecified atom stereocenters. The molecule has 1 fully saturated rings. The van der Waals surface area contributed by atoms with E-state index in [4.69, 9.17) is 0 Å². The number of aryl methyl sites for hydroxylation is 2. The second-order valence-electron chi connectivity index (χ2n) is 8.08. The standard InChI is InChI=1S/C23H25N7O/c1-17-3-5-19(6-4-17)21-7-8-24-22-20(14-26-30(21)22)23(31)29-11-9-28(10-12-29)16-18-13-25-27(2)15-18/h3-8,13-15H,9-12,16H2,1-2H3. The van der Waals surface area contributed by atoms with Gasteiger partial charge in [0.05, 0.1) is 18.1 Å². The van der Waals surface area contributed by atoms with Crippen molar-refractivity contribution in [2.24, 2.45) is 7.05 Å². The number of nitrogens with zero attached hydrogens (tertiary/aromatic N) is 7. The van der Waals surface area contributed by atoms with Crippen LogP contribution in [0.5, 0.6) is 0 Å². The molecule has 1 aliphatic rings. The van der Waals surface area contributed by atoms with Gasteiger partial charge in [0.2, 0.25) is 0 Å². The van der Waals surface area contributed by atoms with Gasteiger partial charge in [-0.2, -0.15) is 10.2 Å². The summed E-state index contributed by atoms with van der Waals surface area (Å²) in [6.07, 6.45) is 7.32. The van der Waals surface area contributed by atoms with Crippen LogP contribution in [0.2, 0.25) is 0 Å². The van der Waals surface area contributed by atoms with Crippen LogP contribution in [0.1, 0.15) is 21.5 Å². The molecule has 1 amide bonds. The van der Waals surface area contributed by atoms with Crippen LogP contribution >= 0.6 is 0 Å². The van der Waals surface area contributed by atoms with Crippen LogP contribution in [0.25, 0.3) is 16.9 Å². The monoisotopic (exact) mass is 415 g/mol. The van der Waals surface area contributed by atoms with Crippen LogP contribution in [0.15, 0.2) is 55.1 Å². The maximum absolute atomic E-state index is 13.2. The van der Waals surface area contributed by atoms with Gasteiger partial charge in [-0.25, -0.2) is 9.50 Å². The quantitative estimate of drug-likeness (QED) is 0.512. The van der Waals surface area contributed by atoms with Crippen molar-refractivity contribution in [2.75, 3.05) is 26.2 Å². The van der Waals surface area contributed by atoms with Crippen molar-refractivity contribution < 1.29 is 4.79 Å². The van der Waals surface area contributed by atoms with Gasteiger partial charge in [-0.15, -0.1) is 0 Å². The number of amides is 1. The van der Waals surface area contributed by atoms with Crippen LogP contribution in [0.3, 0.4) is 0 Å². The van der Waals surface area contributed by atoms with Crippen molar-refractivity contribution in [1.82, 2.24) is 34.2 Å². The molecule has 4 heterocycles. The predicted octanol–water partition coefficient (Wildman–Crippen LogP) is 2.40. The molecule has 1 saturated heterocycles. The van der Waals surface area contributed by atoms with Gasteiger partial charge in [0.1, 0.15) is 5.56 Å². The first-order chi connectivity index (χ1) is 15.1. The number of hydrogen-bond donors (Lipinski definition) is 0. The number of piperazine rings is 1. The van der Waals surface area contributed by atoms with Crippen molar-refractivity contribution in [3.8, 4) is 11.3 Å². The Bertz CT molecular complexity index is 1220. The number of benzene rings is 1. The number of fused-ring (bicyclic) bond motifs is 1. The molecule has 8 heteroatoms. The molecule has 0 aliphatic carbocycles. The number of hydrogen-bond acceptors (Lipinski definition) is 5. The third kappa shape index (κ3) is 3.82. The summed E-state index contributed by atoms with van der Waals surface area (Å²) in [6.45, 7) is 5.97. The third-order valence-electron chi connectivity index (χ3n) is 5.80. The molecular formula is C23H25N7O. The normalized spacial score (nSPS) is 15.0. The van der Waals surface area contributed by atoms with Gasteiger partial charge in [0.15, 0.2) is 5.65 Å². The van der Waals surface area contributed by atoms with Gasteiger partial charge >= 0.3 is 0 Å². The van der Waals surface area contributed by atoms with E-state index in [0.29, 0.717) is 24.3 Å². The van der Waals surface area contributed by atoms with Crippen LogP contribution in [-0.2, 0) is 13.6 Å². The Labute approximate surface area is 180 Å². The zero-order valence-corrected chi connectivity index (χ0v) is 17.8. The fraction of sp³-hybridized carbons (Fsp3) is 0.304. The summed E-state index contributed by atoms with van der Waals surface area (Å²) < 4.78 is 3.58. The van der Waals surface area contributed by atoms with E-state index in [2.05, 4.69) is 51.3 Å². The second-order valence-corrected chi connectivity index (χ2v) is 8.08. The highest BCUT2D eigenvalue weighted by Gasteiger charge is 2.25. The molecule has 1 aromatic carbocycles. The molecule has 5 rings (SSSR count). The largest absolute Gasteiger partial charge is 0.336 e. The van der Waals surface area contributed by atoms with Gasteiger partial charge in [0, 0.05) is 63.3 Å². The van der Waals surface area contributed by atoms with E-state index in [1.807, 2.05) is 35.1 Å². The van der Waals surface area contributed by atoms with Gasteiger partial charge in [-0.1, -0.05) is 29.8 Å². The predicted molar refractivity (Wildman–Crippen MR) is 118 cm³/mol. The van der Waals surface area contributed by atoms with Crippen LogP contribution in [0.4, 0.5) is 0 Å². The lowest BCUT2D eigenvalue weighted by atomic mass is 10.1. The smallest absolute Gasteiger partial charge is 0.259 e. The zero-order valence-electron chi connectivity index (χ0n) is 17.8. The molecule has 0 bridgehead atoms. The molecular weight excluding hydrogens is 390 g/mol. The van der Waals surface area contributed by atoms with E-state index in [1.54, 1.807) is 16.9 Å². The minimum Gasteiger partial charge on any atom is -0.336 e. The van der Waals surface area contributed by atoms with Crippen molar-refractivity contribution in [1.29, 1.82) is 0 Å². The summed E-state index contributed by atoms with van der Waals surface area (Å²) in [6, 6.07) is 10.2. The molecule has 3 aromatic heterocycles. The van der Waals surface area contributed by atoms with E-state index in [1.165, 1.54) is 11.1 Å². The topological polar surface area (TPSA) is 71.6 Å². The average molecular weight is 416 g/mol. The Morgan fingerprint density at radius 1 is 1.00 bits per heavy atom. The molecule has 0 atom stereocenters. The number of carbonyl (C=O) groups excluding carboxylic acids is 1. The maximum Gasteiger partial charge on any atom is 0.259 e. The summed E-state index contributed by atoms with van der Waals surface area (Å²) in [5, 5.41) is 8.72. The fourth-order valence-electron chi connectivity index (χ4n) is 4.08. The fourth-order valence-corrected chi connectivity index (χ4v) is 4.08. The molecule has 0 N–H and O–H groups in total. The van der Waals surface area contributed by atoms with Gasteiger partial charge in [0.25, 0.3) is 5.91 Å². The summed E-state index contributed by atoms with van der Waals surface area (Å²) in [5.74, 6) is -0.00964. The number of rotatable bonds is 4. The van der Waals surface area contributed by atoms with Crippen molar-refractivity contribution in [2.45, 2.75) is 13.5 Å². The Hall–Kier alpha value is -3.52. The van der Waals surface area contributed by atoms with Crippen LogP contribution in [0, 0.1) is 6.92 Å². The zero-order chi connectivity index (χ0) is 21.4. The van der Waals surface area contributed by atoms with E-state index in [-0.39, 0.29) is 5.91 Å². The lowest BCUT2D eigenvalue weighted by Crippen LogP contribution is -2.48. The third-order valence-corrected chi connectivity index (χ3v) is 5.80. The molecule has 8 nitrogen and oxygen atoms in total. The highest BCUT2D eigenvalue weighted by atomic mass is 16.2. The van der Waals surface area contributed by atoms with Crippen molar-refractivity contribution >= 4 is 11.6 Å². The van der Waals surface area contributed by atoms with E-state index in [0.717, 1.165) is 30.9 Å². The Morgan fingerprint density at radius 3 is 2.48 bits per heavy atom. The van der Waals surface area contributed by atoms with Crippen LogP contribution in [-0.4, -0.2) is 66.3 Å². The molecule has 158 valence electrons. The minimum absolute atomic E-state index is 0.00964. The first kappa shape index (κ1) is 19.4. The Kier molecular flexibility index (Phi) is 4.99. The minimum atomic E-state index is -0.00964. The average Bonchev–Trinajstić information content (AvgIpc) is 3.40. The maximum atomic E-state index is 13.2. The van der Waals surface area contributed by atoms with Gasteiger partial charge in [-0.05, 0) is 13.0 Å². The summed E-state index contributed by atoms with van der Waals surface area (Å²) in [7, 11) is 1.93. The highest BCUT2D eigenvalue weighted by Crippen LogP contribution is 2.22. The molecule has 0 saturated carbocycles. The summed E-state index contributed by atoms with van der Waals surface area (Å²) in [5.41, 5.74) is 5.51. The van der Waals surface area contributed by atoms with E-state index >= 15 is 0 Å². The van der Waals surface area contributed by atoms with Gasteiger partial charge in [-0.3, -0.25) is 14.4 Å². The lowest BCUT2D eigenvalue weighted by molar-refractivity contribution is 0.0630. The van der Waals surface area contributed by atoms with Crippen molar-refractivity contribution in [3.63, 3.8) is 0 Å². The Morgan fingerprint density at radius 2 is 1.77 bits per heavy atom. The molecule has 0 radical (unpaired) electrons. The second kappa shape index (κ2) is 7.96. The van der Waals surface area contributed by atoms with E-state index in [9.17, 15) is 4.79 Å². The van der Waals surface area contributed by atoms with E-state index < -0.39 is 0 Å². The summed E-state index contributed by atoms with van der Waals surface area (Å²) >= 11 is 0.